The number of nitrogen functional groups attached to an aromatic ring is 1. The molecule has 7 heteroatoms. The predicted octanol–water partition coefficient (Wildman–Crippen LogP) is 5.65. The smallest absolute Gasteiger partial charge is 0.225 e. The van der Waals surface area contributed by atoms with Crippen LogP contribution in [0.25, 0.3) is 22.2 Å². The SMILES string of the molecule is Nc1ncc2ccc(Br)cc2c1/N=N/c1ccc(-c2ncco2)cc1. The third-order valence-electron chi connectivity index (χ3n) is 3.67. The Bertz CT molecular complexity index is 1050. The first kappa shape index (κ1) is 15.5. The van der Waals surface area contributed by atoms with Crippen molar-refractivity contribution in [1.82, 2.24) is 9.97 Å². The number of nitrogens with two attached hydrogens (primary N) is 1. The molecule has 0 aliphatic rings. The molecule has 2 heterocycles. The van der Waals surface area contributed by atoms with Gasteiger partial charge in [-0.2, -0.15) is 5.11 Å². The van der Waals surface area contributed by atoms with Crippen molar-refractivity contribution in [3.05, 3.63) is 65.6 Å². The Labute approximate surface area is 151 Å². The number of aromatic nitrogens is 2. The molecule has 0 saturated carbocycles. The maximum Gasteiger partial charge on any atom is 0.225 e. The van der Waals surface area contributed by atoms with Crippen LogP contribution in [0.3, 0.4) is 0 Å². The van der Waals surface area contributed by atoms with E-state index >= 15 is 0 Å². The van der Waals surface area contributed by atoms with Crippen LogP contribution in [-0.2, 0) is 0 Å². The maximum absolute atomic E-state index is 5.99. The van der Waals surface area contributed by atoms with Crippen LogP contribution in [0.2, 0.25) is 0 Å². The van der Waals surface area contributed by atoms with Gasteiger partial charge in [0, 0.05) is 27.0 Å². The molecular formula is C18H12BrN5O. The van der Waals surface area contributed by atoms with Crippen molar-refractivity contribution < 1.29 is 4.42 Å². The summed E-state index contributed by atoms with van der Waals surface area (Å²) in [6.07, 6.45) is 4.87. The Kier molecular flexibility index (Phi) is 3.99. The fourth-order valence-electron chi connectivity index (χ4n) is 2.43. The molecule has 0 saturated heterocycles. The van der Waals surface area contributed by atoms with Crippen molar-refractivity contribution in [3.8, 4) is 11.5 Å². The highest BCUT2D eigenvalue weighted by Crippen LogP contribution is 2.33. The summed E-state index contributed by atoms with van der Waals surface area (Å²) in [5.41, 5.74) is 8.11. The zero-order chi connectivity index (χ0) is 17.2. The van der Waals surface area contributed by atoms with Gasteiger partial charge in [-0.3, -0.25) is 0 Å². The molecule has 0 radical (unpaired) electrons. The van der Waals surface area contributed by atoms with Crippen molar-refractivity contribution in [2.45, 2.75) is 0 Å². The van der Waals surface area contributed by atoms with Crippen LogP contribution in [0.1, 0.15) is 0 Å². The molecule has 6 nitrogen and oxygen atoms in total. The van der Waals surface area contributed by atoms with Gasteiger partial charge in [-0.05, 0) is 36.4 Å². The second-order valence-corrected chi connectivity index (χ2v) is 6.22. The highest BCUT2D eigenvalue weighted by molar-refractivity contribution is 9.10. The van der Waals surface area contributed by atoms with Gasteiger partial charge in [0.25, 0.3) is 0 Å². The van der Waals surface area contributed by atoms with Crippen LogP contribution in [0.15, 0.2) is 80.2 Å². The largest absolute Gasteiger partial charge is 0.445 e. The Morgan fingerprint density at radius 3 is 2.60 bits per heavy atom. The zero-order valence-corrected chi connectivity index (χ0v) is 14.5. The minimum absolute atomic E-state index is 0.339. The Morgan fingerprint density at radius 2 is 1.84 bits per heavy atom. The summed E-state index contributed by atoms with van der Waals surface area (Å²) >= 11 is 3.47. The fraction of sp³-hybridized carbons (Fsp3) is 0. The molecule has 0 aliphatic heterocycles. The molecule has 122 valence electrons. The van der Waals surface area contributed by atoms with E-state index in [0.29, 0.717) is 23.1 Å². The Morgan fingerprint density at radius 1 is 1.00 bits per heavy atom. The minimum atomic E-state index is 0.339. The maximum atomic E-state index is 5.99. The van der Waals surface area contributed by atoms with Gasteiger partial charge in [0.15, 0.2) is 5.82 Å². The number of hydrogen-bond donors (Lipinski definition) is 1. The molecule has 0 spiro atoms. The van der Waals surface area contributed by atoms with Gasteiger partial charge in [0.1, 0.15) is 12.0 Å². The van der Waals surface area contributed by atoms with E-state index in [1.54, 1.807) is 12.4 Å². The summed E-state index contributed by atoms with van der Waals surface area (Å²) < 4.78 is 6.21. The molecule has 2 aromatic heterocycles. The van der Waals surface area contributed by atoms with Gasteiger partial charge in [0.05, 0.1) is 11.9 Å². The van der Waals surface area contributed by atoms with Gasteiger partial charge in [-0.25, -0.2) is 9.97 Å². The summed E-state index contributed by atoms with van der Waals surface area (Å²) in [5.74, 6) is 0.904. The lowest BCUT2D eigenvalue weighted by atomic mass is 10.1. The first-order valence-corrected chi connectivity index (χ1v) is 8.25. The van der Waals surface area contributed by atoms with E-state index in [9.17, 15) is 0 Å². The number of hydrogen-bond acceptors (Lipinski definition) is 6. The van der Waals surface area contributed by atoms with E-state index in [1.807, 2.05) is 42.5 Å². The lowest BCUT2D eigenvalue weighted by molar-refractivity contribution is 0.574. The summed E-state index contributed by atoms with van der Waals surface area (Å²) in [6.45, 7) is 0. The highest BCUT2D eigenvalue weighted by atomic mass is 79.9. The van der Waals surface area contributed by atoms with Gasteiger partial charge >= 0.3 is 0 Å². The normalized spacial score (nSPS) is 11.4. The number of rotatable bonds is 3. The average molecular weight is 394 g/mol. The van der Waals surface area contributed by atoms with E-state index in [-0.39, 0.29) is 0 Å². The molecule has 2 N–H and O–H groups in total. The minimum Gasteiger partial charge on any atom is -0.445 e. The number of pyridine rings is 1. The van der Waals surface area contributed by atoms with Crippen molar-refractivity contribution in [2.24, 2.45) is 10.2 Å². The van der Waals surface area contributed by atoms with Crippen LogP contribution >= 0.6 is 15.9 Å². The summed E-state index contributed by atoms with van der Waals surface area (Å²) in [4.78, 5) is 8.30. The van der Waals surface area contributed by atoms with Gasteiger partial charge in [-0.15, -0.1) is 5.11 Å². The van der Waals surface area contributed by atoms with Crippen LogP contribution in [0.5, 0.6) is 0 Å². The van der Waals surface area contributed by atoms with Crippen LogP contribution in [0.4, 0.5) is 17.2 Å². The molecule has 0 atom stereocenters. The highest BCUT2D eigenvalue weighted by Gasteiger charge is 2.07. The van der Waals surface area contributed by atoms with Crippen LogP contribution in [0, 0.1) is 0 Å². The molecule has 4 aromatic rings. The number of azo groups is 1. The van der Waals surface area contributed by atoms with E-state index in [1.165, 1.54) is 6.26 Å². The van der Waals surface area contributed by atoms with Crippen molar-refractivity contribution in [2.75, 3.05) is 5.73 Å². The van der Waals surface area contributed by atoms with Crippen LogP contribution < -0.4 is 5.73 Å². The predicted molar refractivity (Wildman–Crippen MR) is 100.0 cm³/mol. The van der Waals surface area contributed by atoms with Gasteiger partial charge in [-0.1, -0.05) is 22.0 Å². The van der Waals surface area contributed by atoms with E-state index in [0.717, 1.165) is 20.8 Å². The number of halogens is 1. The number of nitrogens with zero attached hydrogens (tertiary/aromatic N) is 4. The lowest BCUT2D eigenvalue weighted by Gasteiger charge is -2.04. The zero-order valence-electron chi connectivity index (χ0n) is 12.9. The molecule has 0 amide bonds. The average Bonchev–Trinajstić information content (AvgIpc) is 3.16. The molecular weight excluding hydrogens is 382 g/mol. The summed E-state index contributed by atoms with van der Waals surface area (Å²) in [7, 11) is 0. The second-order valence-electron chi connectivity index (χ2n) is 5.31. The first-order chi connectivity index (χ1) is 12.2. The van der Waals surface area contributed by atoms with Crippen molar-refractivity contribution in [3.63, 3.8) is 0 Å². The fourth-order valence-corrected chi connectivity index (χ4v) is 2.79. The third kappa shape index (κ3) is 3.14. The van der Waals surface area contributed by atoms with Crippen molar-refractivity contribution in [1.29, 1.82) is 0 Å². The topological polar surface area (TPSA) is 89.7 Å². The first-order valence-electron chi connectivity index (χ1n) is 7.46. The number of benzene rings is 2. The van der Waals surface area contributed by atoms with Crippen LogP contribution in [-0.4, -0.2) is 9.97 Å². The number of oxazole rings is 1. The molecule has 0 aliphatic carbocycles. The van der Waals surface area contributed by atoms with Gasteiger partial charge < -0.3 is 10.2 Å². The Balaban J connectivity index is 1.69. The Hall–Kier alpha value is -3.06. The molecule has 0 fully saturated rings. The molecule has 0 unspecified atom stereocenters. The standard InChI is InChI=1S/C18H12BrN5O/c19-13-4-1-12-10-22-17(20)16(15(12)9-13)24-23-14-5-2-11(3-6-14)18-21-7-8-25-18/h1-10H,(H2,20,22)/b24-23+. The lowest BCUT2D eigenvalue weighted by Crippen LogP contribution is -1.90. The molecule has 4 rings (SSSR count). The quantitative estimate of drug-likeness (QED) is 0.455. The summed E-state index contributed by atoms with van der Waals surface area (Å²) in [6, 6.07) is 13.3. The number of fused-ring (bicyclic) bond motifs is 1. The molecule has 0 bridgehead atoms. The second kappa shape index (κ2) is 6.45. The van der Waals surface area contributed by atoms with E-state index in [4.69, 9.17) is 10.2 Å². The molecule has 25 heavy (non-hydrogen) atoms. The monoisotopic (exact) mass is 393 g/mol. The van der Waals surface area contributed by atoms with E-state index in [2.05, 4.69) is 36.1 Å². The number of anilines is 1. The van der Waals surface area contributed by atoms with Crippen molar-refractivity contribution >= 4 is 43.9 Å². The van der Waals surface area contributed by atoms with Gasteiger partial charge in [0.2, 0.25) is 5.89 Å². The molecule has 2 aromatic carbocycles. The van der Waals surface area contributed by atoms with E-state index < -0.39 is 0 Å². The third-order valence-corrected chi connectivity index (χ3v) is 4.16. The summed E-state index contributed by atoms with van der Waals surface area (Å²) in [5, 5.41) is 10.4.